The Morgan fingerprint density at radius 3 is 2.42 bits per heavy atom. The van der Waals surface area contributed by atoms with Crippen LogP contribution in [-0.2, 0) is 9.47 Å². The van der Waals surface area contributed by atoms with Crippen molar-refractivity contribution in [3.63, 3.8) is 0 Å². The fourth-order valence-corrected chi connectivity index (χ4v) is 7.68. The maximum Gasteiger partial charge on any atom is 0.250 e. The van der Waals surface area contributed by atoms with Crippen LogP contribution in [0, 0.1) is 0 Å². The number of nitrogens with one attached hydrogen (secondary N) is 2. The number of hydrogen-bond acceptors (Lipinski definition) is 8. The molecule has 2 N–H and O–H groups in total. The normalized spacial score (nSPS) is 19.4. The Kier molecular flexibility index (Phi) is 7.72. The van der Waals surface area contributed by atoms with Crippen LogP contribution in [0.1, 0.15) is 13.8 Å². The standard InChI is InChI=1S/C29H34N4O3S2/c1-19(20(2)32-8-12-35-13-9-32)30-21-6-7-25-27(16-21)37-26-5-3-4-23(29(26)38-25)24-17-22(18-28(34)31-24)33-10-14-36-15-11-33/h3-7,16-20,30H,8-15H2,1-2H3,(H,31,34)/t19?,20-/m0/s1. The number of hydrogen-bond donors (Lipinski definition) is 2. The van der Waals surface area contributed by atoms with Crippen molar-refractivity contribution in [3.05, 3.63) is 58.9 Å². The third-order valence-electron chi connectivity index (χ3n) is 7.59. The Morgan fingerprint density at radius 1 is 0.868 bits per heavy atom. The SMILES string of the molecule is CC(Nc1ccc2c(c1)Sc1cccc(-c3cc(N4CCOCC4)cc(=O)[nH]3)c1S2)[C@H](C)N1CCOCC1. The van der Waals surface area contributed by atoms with E-state index in [9.17, 15) is 4.79 Å². The molecule has 0 amide bonds. The van der Waals surface area contributed by atoms with E-state index in [1.165, 1.54) is 19.6 Å². The van der Waals surface area contributed by atoms with Crippen LogP contribution in [-0.4, -0.2) is 74.6 Å². The van der Waals surface area contributed by atoms with Crippen LogP contribution in [0.3, 0.4) is 0 Å². The van der Waals surface area contributed by atoms with Gasteiger partial charge in [0, 0.05) is 80.8 Å². The third kappa shape index (κ3) is 5.49. The van der Waals surface area contributed by atoms with E-state index in [0.717, 1.165) is 62.0 Å². The van der Waals surface area contributed by atoms with E-state index in [0.29, 0.717) is 25.3 Å². The molecule has 2 aromatic carbocycles. The molecule has 3 aromatic rings. The third-order valence-corrected chi connectivity index (χ3v) is 10.2. The van der Waals surface area contributed by atoms with Gasteiger partial charge in [-0.05, 0) is 44.2 Å². The summed E-state index contributed by atoms with van der Waals surface area (Å²) >= 11 is 3.58. The molecule has 200 valence electrons. The molecule has 9 heteroatoms. The van der Waals surface area contributed by atoms with Crippen LogP contribution in [0.25, 0.3) is 11.3 Å². The van der Waals surface area contributed by atoms with Gasteiger partial charge in [-0.3, -0.25) is 9.69 Å². The van der Waals surface area contributed by atoms with Gasteiger partial charge in [-0.15, -0.1) is 0 Å². The van der Waals surface area contributed by atoms with Crippen molar-refractivity contribution in [1.29, 1.82) is 0 Å². The zero-order valence-corrected chi connectivity index (χ0v) is 23.5. The van der Waals surface area contributed by atoms with Crippen molar-refractivity contribution < 1.29 is 9.47 Å². The monoisotopic (exact) mass is 550 g/mol. The maximum absolute atomic E-state index is 12.6. The molecular formula is C29H34N4O3S2. The Labute approximate surface area is 232 Å². The molecular weight excluding hydrogens is 516 g/mol. The quantitative estimate of drug-likeness (QED) is 0.347. The van der Waals surface area contributed by atoms with Crippen LogP contribution in [0.2, 0.25) is 0 Å². The number of nitrogens with zero attached hydrogens (tertiary/aromatic N) is 2. The number of H-pyrrole nitrogens is 1. The number of rotatable bonds is 6. The number of ether oxygens (including phenoxy) is 2. The average molecular weight is 551 g/mol. The van der Waals surface area contributed by atoms with Crippen LogP contribution < -0.4 is 15.8 Å². The number of pyridine rings is 1. The van der Waals surface area contributed by atoms with Gasteiger partial charge in [-0.1, -0.05) is 35.7 Å². The fourth-order valence-electron chi connectivity index (χ4n) is 5.27. The van der Waals surface area contributed by atoms with Gasteiger partial charge in [0.1, 0.15) is 0 Å². The lowest BCUT2D eigenvalue weighted by Gasteiger charge is -2.36. The van der Waals surface area contributed by atoms with E-state index in [4.69, 9.17) is 9.47 Å². The second kappa shape index (κ2) is 11.4. The summed E-state index contributed by atoms with van der Waals surface area (Å²) < 4.78 is 11.0. The summed E-state index contributed by atoms with van der Waals surface area (Å²) in [5, 5.41) is 3.74. The minimum absolute atomic E-state index is 0.0772. The highest BCUT2D eigenvalue weighted by Gasteiger charge is 2.24. The number of aromatic nitrogens is 1. The molecule has 0 bridgehead atoms. The molecule has 2 saturated heterocycles. The molecule has 0 saturated carbocycles. The molecule has 38 heavy (non-hydrogen) atoms. The first kappa shape index (κ1) is 25.8. The van der Waals surface area contributed by atoms with Gasteiger partial charge in [0.05, 0.1) is 32.1 Å². The van der Waals surface area contributed by atoms with Gasteiger partial charge in [0.15, 0.2) is 0 Å². The van der Waals surface area contributed by atoms with Crippen LogP contribution >= 0.6 is 23.5 Å². The zero-order chi connectivity index (χ0) is 26.1. The summed E-state index contributed by atoms with van der Waals surface area (Å²) in [6.45, 7) is 11.1. The lowest BCUT2D eigenvalue weighted by atomic mass is 10.1. The zero-order valence-electron chi connectivity index (χ0n) is 21.9. The number of benzene rings is 2. The molecule has 2 atom stereocenters. The Balaban J connectivity index is 1.22. The minimum Gasteiger partial charge on any atom is -0.381 e. The second-order valence-electron chi connectivity index (χ2n) is 10.0. The second-order valence-corrected chi connectivity index (χ2v) is 12.2. The van der Waals surface area contributed by atoms with Gasteiger partial charge in [-0.25, -0.2) is 0 Å². The molecule has 2 fully saturated rings. The summed E-state index contributed by atoms with van der Waals surface area (Å²) in [4.78, 5) is 25.3. The highest BCUT2D eigenvalue weighted by atomic mass is 32.2. The summed E-state index contributed by atoms with van der Waals surface area (Å²) in [5.41, 5.74) is 3.94. The van der Waals surface area contributed by atoms with Gasteiger partial charge in [-0.2, -0.15) is 0 Å². The van der Waals surface area contributed by atoms with E-state index in [1.807, 2.05) is 0 Å². The summed E-state index contributed by atoms with van der Waals surface area (Å²) in [6, 6.07) is 17.6. The molecule has 3 aliphatic heterocycles. The average Bonchev–Trinajstić information content (AvgIpc) is 2.96. The van der Waals surface area contributed by atoms with Gasteiger partial charge in [0.25, 0.3) is 0 Å². The van der Waals surface area contributed by atoms with E-state index >= 15 is 0 Å². The Morgan fingerprint density at radius 2 is 1.63 bits per heavy atom. The van der Waals surface area contributed by atoms with Crippen molar-refractivity contribution >= 4 is 34.9 Å². The summed E-state index contributed by atoms with van der Waals surface area (Å²) in [7, 11) is 0. The lowest BCUT2D eigenvalue weighted by Crippen LogP contribution is -2.48. The van der Waals surface area contributed by atoms with Crippen molar-refractivity contribution in [2.75, 3.05) is 62.8 Å². The van der Waals surface area contributed by atoms with Gasteiger partial charge in [0.2, 0.25) is 5.56 Å². The lowest BCUT2D eigenvalue weighted by molar-refractivity contribution is 0.0176. The maximum atomic E-state index is 12.6. The number of morpholine rings is 2. The van der Waals surface area contributed by atoms with Crippen molar-refractivity contribution in [3.8, 4) is 11.3 Å². The van der Waals surface area contributed by atoms with Crippen LogP contribution in [0.15, 0.2) is 72.9 Å². The van der Waals surface area contributed by atoms with E-state index in [1.54, 1.807) is 29.6 Å². The Bertz CT molecular complexity index is 1350. The smallest absolute Gasteiger partial charge is 0.250 e. The Hall–Kier alpha value is -2.43. The molecule has 0 spiro atoms. The van der Waals surface area contributed by atoms with Crippen LogP contribution in [0.5, 0.6) is 0 Å². The van der Waals surface area contributed by atoms with Crippen LogP contribution in [0.4, 0.5) is 11.4 Å². The first-order chi connectivity index (χ1) is 18.5. The predicted octanol–water partition coefficient (Wildman–Crippen LogP) is 5.02. The summed E-state index contributed by atoms with van der Waals surface area (Å²) in [6.07, 6.45) is 0. The largest absolute Gasteiger partial charge is 0.381 e. The highest BCUT2D eigenvalue weighted by molar-refractivity contribution is 8.05. The van der Waals surface area contributed by atoms with Gasteiger partial charge >= 0.3 is 0 Å². The van der Waals surface area contributed by atoms with E-state index in [-0.39, 0.29) is 5.56 Å². The fraction of sp³-hybridized carbons (Fsp3) is 0.414. The highest BCUT2D eigenvalue weighted by Crippen LogP contribution is 2.52. The molecule has 1 aromatic heterocycles. The first-order valence-corrected chi connectivity index (χ1v) is 15.0. The summed E-state index contributed by atoms with van der Waals surface area (Å²) in [5.74, 6) is 0. The van der Waals surface area contributed by atoms with Crippen molar-refractivity contribution in [1.82, 2.24) is 9.88 Å². The first-order valence-electron chi connectivity index (χ1n) is 13.3. The number of aromatic amines is 1. The predicted molar refractivity (Wildman–Crippen MR) is 155 cm³/mol. The minimum atomic E-state index is -0.0772. The molecule has 6 rings (SSSR count). The molecule has 0 radical (unpaired) electrons. The molecule has 7 nitrogen and oxygen atoms in total. The molecule has 1 unspecified atom stereocenters. The number of fused-ring (bicyclic) bond motifs is 2. The number of anilines is 2. The van der Waals surface area contributed by atoms with Crippen molar-refractivity contribution in [2.24, 2.45) is 0 Å². The van der Waals surface area contributed by atoms with Crippen molar-refractivity contribution in [2.45, 2.75) is 45.5 Å². The van der Waals surface area contributed by atoms with E-state index < -0.39 is 0 Å². The molecule has 4 heterocycles. The van der Waals surface area contributed by atoms with Gasteiger partial charge < -0.3 is 24.7 Å². The molecule has 0 aliphatic carbocycles. The van der Waals surface area contributed by atoms with E-state index in [2.05, 4.69) is 76.4 Å². The topological polar surface area (TPSA) is 69.8 Å². The molecule has 3 aliphatic rings.